The molecule has 2 aromatic rings. The molecule has 0 atom stereocenters. The molecule has 2 aromatic carbocycles. The maximum Gasteiger partial charge on any atom is 0.239 e. The summed E-state index contributed by atoms with van der Waals surface area (Å²) < 4.78 is 0. The fourth-order valence-electron chi connectivity index (χ4n) is 2.22. The van der Waals surface area contributed by atoms with Crippen molar-refractivity contribution in [2.45, 2.75) is 34.1 Å². The molecule has 0 aliphatic rings. The first-order valence-corrected chi connectivity index (χ1v) is 8.11. The zero-order valence-electron chi connectivity index (χ0n) is 14.6. The second-order valence-electron chi connectivity index (χ2n) is 6.45. The topological polar surface area (TPSA) is 58.2 Å². The highest BCUT2D eigenvalue weighted by atomic mass is 16.2. The lowest BCUT2D eigenvalue weighted by Gasteiger charge is -2.23. The number of hydrogen-bond acceptors (Lipinski definition) is 2. The van der Waals surface area contributed by atoms with Crippen LogP contribution < -0.4 is 10.6 Å². The first-order valence-electron chi connectivity index (χ1n) is 8.11. The Hall–Kier alpha value is -2.62. The summed E-state index contributed by atoms with van der Waals surface area (Å²) in [6.45, 7) is 7.27. The predicted octanol–water partition coefficient (Wildman–Crippen LogP) is 4.16. The molecule has 0 aromatic heterocycles. The summed E-state index contributed by atoms with van der Waals surface area (Å²) in [5.74, 6) is -0.673. The second-order valence-corrected chi connectivity index (χ2v) is 6.45. The van der Waals surface area contributed by atoms with Gasteiger partial charge in [-0.05, 0) is 62.6 Å². The Labute approximate surface area is 143 Å². The largest absolute Gasteiger partial charge is 0.325 e. The molecule has 0 radical (unpaired) electrons. The highest BCUT2D eigenvalue weighted by Gasteiger charge is 2.36. The monoisotopic (exact) mass is 324 g/mol. The fourth-order valence-corrected chi connectivity index (χ4v) is 2.22. The first-order chi connectivity index (χ1) is 11.3. The zero-order chi connectivity index (χ0) is 17.7. The molecular formula is C20H24N2O2. The molecule has 4 nitrogen and oxygen atoms in total. The number of amides is 2. The third-order valence-corrected chi connectivity index (χ3v) is 4.03. The van der Waals surface area contributed by atoms with E-state index < -0.39 is 5.41 Å². The maximum absolute atomic E-state index is 12.5. The minimum Gasteiger partial charge on any atom is -0.325 e. The van der Waals surface area contributed by atoms with Crippen molar-refractivity contribution in [3.63, 3.8) is 0 Å². The van der Waals surface area contributed by atoms with E-state index in [4.69, 9.17) is 0 Å². The van der Waals surface area contributed by atoms with Gasteiger partial charge in [-0.15, -0.1) is 0 Å². The minimum atomic E-state index is -1.19. The summed E-state index contributed by atoms with van der Waals surface area (Å²) in [5, 5.41) is 5.62. The normalized spacial score (nSPS) is 11.0. The van der Waals surface area contributed by atoms with E-state index in [1.54, 1.807) is 13.8 Å². The summed E-state index contributed by atoms with van der Waals surface area (Å²) >= 11 is 0. The number of hydrogen-bond donors (Lipinski definition) is 2. The lowest BCUT2D eigenvalue weighted by molar-refractivity contribution is -0.135. The smallest absolute Gasteiger partial charge is 0.239 e. The first kappa shape index (κ1) is 17.7. The maximum atomic E-state index is 12.5. The Balaban J connectivity index is 2.06. The van der Waals surface area contributed by atoms with Gasteiger partial charge in [0.15, 0.2) is 0 Å². The Morgan fingerprint density at radius 2 is 1.50 bits per heavy atom. The van der Waals surface area contributed by atoms with Gasteiger partial charge >= 0.3 is 0 Å². The van der Waals surface area contributed by atoms with Crippen LogP contribution in [-0.4, -0.2) is 11.8 Å². The quantitative estimate of drug-likeness (QED) is 0.811. The fraction of sp³-hybridized carbons (Fsp3) is 0.300. The number of rotatable bonds is 5. The van der Waals surface area contributed by atoms with Gasteiger partial charge in [0.1, 0.15) is 5.41 Å². The molecule has 0 aliphatic heterocycles. The van der Waals surface area contributed by atoms with Crippen molar-refractivity contribution in [3.8, 4) is 0 Å². The van der Waals surface area contributed by atoms with E-state index in [1.165, 1.54) is 5.56 Å². The summed E-state index contributed by atoms with van der Waals surface area (Å²) in [4.78, 5) is 25.0. The van der Waals surface area contributed by atoms with Crippen LogP contribution in [0.2, 0.25) is 0 Å². The Kier molecular flexibility index (Phi) is 5.39. The molecule has 2 N–H and O–H groups in total. The van der Waals surface area contributed by atoms with Crippen molar-refractivity contribution in [2.24, 2.45) is 5.41 Å². The lowest BCUT2D eigenvalue weighted by atomic mass is 9.90. The highest BCUT2D eigenvalue weighted by molar-refractivity contribution is 6.14. The second kappa shape index (κ2) is 7.30. The molecule has 0 spiro atoms. The van der Waals surface area contributed by atoms with E-state index in [-0.39, 0.29) is 11.8 Å². The molecular weight excluding hydrogens is 300 g/mol. The van der Waals surface area contributed by atoms with E-state index in [1.807, 2.05) is 55.5 Å². The van der Waals surface area contributed by atoms with Crippen molar-refractivity contribution in [1.82, 2.24) is 0 Å². The van der Waals surface area contributed by atoms with E-state index in [2.05, 4.69) is 17.6 Å². The summed E-state index contributed by atoms with van der Waals surface area (Å²) in [5.41, 5.74) is 2.44. The molecule has 0 bridgehead atoms. The van der Waals surface area contributed by atoms with Crippen LogP contribution in [0.5, 0.6) is 0 Å². The zero-order valence-corrected chi connectivity index (χ0v) is 14.6. The number of carbonyl (C=O) groups is 2. The number of carbonyl (C=O) groups excluding carboxylic acids is 2. The molecule has 2 amide bonds. The van der Waals surface area contributed by atoms with Gasteiger partial charge in [-0.3, -0.25) is 9.59 Å². The van der Waals surface area contributed by atoms with Crippen molar-refractivity contribution in [2.75, 3.05) is 10.6 Å². The van der Waals surface area contributed by atoms with Gasteiger partial charge in [-0.2, -0.15) is 0 Å². The molecule has 2 rings (SSSR count). The van der Waals surface area contributed by atoms with Crippen LogP contribution in [0, 0.1) is 12.3 Å². The minimum absolute atomic E-state index is 0.336. The highest BCUT2D eigenvalue weighted by Crippen LogP contribution is 2.22. The molecule has 0 heterocycles. The number of benzene rings is 2. The third-order valence-electron chi connectivity index (χ3n) is 4.03. The van der Waals surface area contributed by atoms with Crippen molar-refractivity contribution in [3.05, 3.63) is 59.7 Å². The van der Waals surface area contributed by atoms with Crippen LogP contribution in [0.1, 0.15) is 31.9 Å². The number of aryl methyl sites for hydroxylation is 2. The van der Waals surface area contributed by atoms with Gasteiger partial charge in [0.05, 0.1) is 0 Å². The molecule has 0 aliphatic carbocycles. The van der Waals surface area contributed by atoms with Crippen LogP contribution >= 0.6 is 0 Å². The van der Waals surface area contributed by atoms with E-state index >= 15 is 0 Å². The van der Waals surface area contributed by atoms with Crippen LogP contribution in [0.25, 0.3) is 0 Å². The Bertz CT molecular complexity index is 734. The molecule has 0 unspecified atom stereocenters. The molecule has 24 heavy (non-hydrogen) atoms. The van der Waals surface area contributed by atoms with E-state index in [0.29, 0.717) is 11.4 Å². The molecule has 0 saturated carbocycles. The average Bonchev–Trinajstić information content (AvgIpc) is 2.55. The van der Waals surface area contributed by atoms with Gasteiger partial charge in [-0.25, -0.2) is 0 Å². The van der Waals surface area contributed by atoms with Crippen molar-refractivity contribution in [1.29, 1.82) is 0 Å². The van der Waals surface area contributed by atoms with Gasteiger partial charge in [0.2, 0.25) is 11.8 Å². The predicted molar refractivity (Wildman–Crippen MR) is 98.0 cm³/mol. The summed E-state index contributed by atoms with van der Waals surface area (Å²) in [7, 11) is 0. The Morgan fingerprint density at radius 1 is 0.917 bits per heavy atom. The van der Waals surface area contributed by atoms with Crippen molar-refractivity contribution >= 4 is 23.2 Å². The molecule has 0 fully saturated rings. The van der Waals surface area contributed by atoms with E-state index in [0.717, 1.165) is 12.0 Å². The average molecular weight is 324 g/mol. The molecule has 126 valence electrons. The number of nitrogens with one attached hydrogen (secondary N) is 2. The van der Waals surface area contributed by atoms with Gasteiger partial charge in [0.25, 0.3) is 0 Å². The van der Waals surface area contributed by atoms with E-state index in [9.17, 15) is 9.59 Å². The number of anilines is 2. The Morgan fingerprint density at radius 3 is 2.04 bits per heavy atom. The summed E-state index contributed by atoms with van der Waals surface area (Å²) in [6, 6.07) is 15.1. The van der Waals surface area contributed by atoms with Gasteiger partial charge in [-0.1, -0.05) is 31.2 Å². The van der Waals surface area contributed by atoms with Crippen LogP contribution in [-0.2, 0) is 16.0 Å². The standard InChI is InChI=1S/C20H24N2O2/c1-5-15-9-11-16(12-10-15)21-18(23)20(3,4)19(24)22-17-8-6-7-14(2)13-17/h6-13H,5H2,1-4H3,(H,21,23)(H,22,24). The lowest BCUT2D eigenvalue weighted by Crippen LogP contribution is -2.41. The summed E-state index contributed by atoms with van der Waals surface area (Å²) in [6.07, 6.45) is 0.943. The van der Waals surface area contributed by atoms with Gasteiger partial charge in [0, 0.05) is 11.4 Å². The SMILES string of the molecule is CCc1ccc(NC(=O)C(C)(C)C(=O)Nc2cccc(C)c2)cc1. The third kappa shape index (κ3) is 4.22. The van der Waals surface area contributed by atoms with Crippen LogP contribution in [0.4, 0.5) is 11.4 Å². The van der Waals surface area contributed by atoms with Gasteiger partial charge < -0.3 is 10.6 Å². The van der Waals surface area contributed by atoms with Crippen molar-refractivity contribution < 1.29 is 9.59 Å². The van der Waals surface area contributed by atoms with Crippen LogP contribution in [0.3, 0.4) is 0 Å². The van der Waals surface area contributed by atoms with Crippen LogP contribution in [0.15, 0.2) is 48.5 Å². The molecule has 4 heteroatoms. The molecule has 0 saturated heterocycles.